The number of benzene rings is 2. The van der Waals surface area contributed by atoms with E-state index in [1.54, 1.807) is 19.2 Å². The highest BCUT2D eigenvalue weighted by molar-refractivity contribution is 7.99. The standard InChI is InChI=1S/C18H17FN4O2S/c1-25-15-8-4-13(5-9-15)17-21-18(23-22-17)26-11-16(24)20-10-12-2-6-14(19)7-3-12/h2-9H,10-11H2,1H3,(H,20,24)(H,21,22,23). The lowest BCUT2D eigenvalue weighted by molar-refractivity contribution is -0.118. The average Bonchev–Trinajstić information content (AvgIpc) is 3.15. The van der Waals surface area contributed by atoms with Crippen molar-refractivity contribution in [3.05, 3.63) is 59.9 Å². The fourth-order valence-corrected chi connectivity index (χ4v) is 2.80. The molecule has 2 N–H and O–H groups in total. The number of methoxy groups -OCH3 is 1. The second-order valence-corrected chi connectivity index (χ2v) is 6.33. The molecule has 2 aromatic carbocycles. The molecule has 0 aliphatic carbocycles. The highest BCUT2D eigenvalue weighted by atomic mass is 32.2. The highest BCUT2D eigenvalue weighted by Crippen LogP contribution is 2.21. The molecular formula is C18H17FN4O2S. The molecule has 0 spiro atoms. The van der Waals surface area contributed by atoms with Crippen molar-refractivity contribution >= 4 is 17.7 Å². The van der Waals surface area contributed by atoms with Crippen molar-refractivity contribution in [2.45, 2.75) is 11.7 Å². The molecule has 1 amide bonds. The molecule has 134 valence electrons. The van der Waals surface area contributed by atoms with Crippen LogP contribution in [0, 0.1) is 5.82 Å². The Morgan fingerprint density at radius 3 is 2.62 bits per heavy atom. The van der Waals surface area contributed by atoms with E-state index in [2.05, 4.69) is 20.5 Å². The largest absolute Gasteiger partial charge is 0.497 e. The van der Waals surface area contributed by atoms with Crippen LogP contribution in [-0.4, -0.2) is 34.0 Å². The number of hydrogen-bond donors (Lipinski definition) is 2. The second kappa shape index (κ2) is 8.48. The lowest BCUT2D eigenvalue weighted by Crippen LogP contribution is -2.24. The van der Waals surface area contributed by atoms with Crippen LogP contribution in [0.2, 0.25) is 0 Å². The highest BCUT2D eigenvalue weighted by Gasteiger charge is 2.09. The summed E-state index contributed by atoms with van der Waals surface area (Å²) in [5.74, 6) is 1.15. The minimum absolute atomic E-state index is 0.143. The van der Waals surface area contributed by atoms with Crippen LogP contribution in [0.15, 0.2) is 53.7 Å². The number of carbonyl (C=O) groups is 1. The first-order valence-electron chi connectivity index (χ1n) is 7.85. The van der Waals surface area contributed by atoms with Gasteiger partial charge in [0.15, 0.2) is 5.82 Å². The van der Waals surface area contributed by atoms with Crippen molar-refractivity contribution in [2.75, 3.05) is 12.9 Å². The molecule has 0 fully saturated rings. The molecule has 26 heavy (non-hydrogen) atoms. The minimum atomic E-state index is -0.298. The molecule has 0 bridgehead atoms. The summed E-state index contributed by atoms with van der Waals surface area (Å²) >= 11 is 1.24. The molecule has 3 aromatic rings. The summed E-state index contributed by atoms with van der Waals surface area (Å²) in [6.07, 6.45) is 0. The molecule has 1 aromatic heterocycles. The van der Waals surface area contributed by atoms with Crippen LogP contribution in [0.4, 0.5) is 4.39 Å². The van der Waals surface area contributed by atoms with Gasteiger partial charge in [0.25, 0.3) is 0 Å². The third-order valence-electron chi connectivity index (χ3n) is 3.56. The number of carbonyl (C=O) groups excluding carboxylic acids is 1. The Bertz CT molecular complexity index is 866. The molecule has 0 atom stereocenters. The molecule has 0 aliphatic heterocycles. The van der Waals surface area contributed by atoms with Crippen molar-refractivity contribution in [1.29, 1.82) is 0 Å². The van der Waals surface area contributed by atoms with Crippen molar-refractivity contribution in [3.8, 4) is 17.1 Å². The Labute approximate surface area is 154 Å². The summed E-state index contributed by atoms with van der Waals surface area (Å²) in [4.78, 5) is 16.3. The van der Waals surface area contributed by atoms with Crippen molar-refractivity contribution in [2.24, 2.45) is 0 Å². The van der Waals surface area contributed by atoms with Gasteiger partial charge in [0.2, 0.25) is 11.1 Å². The molecule has 0 saturated heterocycles. The monoisotopic (exact) mass is 372 g/mol. The Morgan fingerprint density at radius 1 is 1.19 bits per heavy atom. The molecule has 0 saturated carbocycles. The van der Waals surface area contributed by atoms with Gasteiger partial charge in [-0.05, 0) is 42.0 Å². The number of amides is 1. The van der Waals surface area contributed by atoms with Crippen molar-refractivity contribution in [1.82, 2.24) is 20.5 Å². The van der Waals surface area contributed by atoms with E-state index >= 15 is 0 Å². The van der Waals surface area contributed by atoms with Gasteiger partial charge in [-0.1, -0.05) is 23.9 Å². The summed E-state index contributed by atoms with van der Waals surface area (Å²) in [6.45, 7) is 0.352. The number of nitrogens with zero attached hydrogens (tertiary/aromatic N) is 2. The predicted octanol–water partition coefficient (Wildman–Crippen LogP) is 3.03. The molecule has 0 aliphatic rings. The Hall–Kier alpha value is -2.87. The van der Waals surface area contributed by atoms with Gasteiger partial charge in [-0.3, -0.25) is 9.89 Å². The van der Waals surface area contributed by atoms with E-state index < -0.39 is 0 Å². The van der Waals surface area contributed by atoms with Gasteiger partial charge in [0.05, 0.1) is 12.9 Å². The van der Waals surface area contributed by atoms with E-state index in [0.717, 1.165) is 16.9 Å². The number of hydrogen-bond acceptors (Lipinski definition) is 5. The third kappa shape index (κ3) is 4.82. The maximum atomic E-state index is 12.8. The molecule has 6 nitrogen and oxygen atoms in total. The van der Waals surface area contributed by atoms with Crippen LogP contribution < -0.4 is 10.1 Å². The van der Waals surface area contributed by atoms with Crippen LogP contribution in [0.25, 0.3) is 11.4 Å². The number of nitrogens with one attached hydrogen (secondary N) is 2. The number of aromatic nitrogens is 3. The molecule has 8 heteroatoms. The van der Waals surface area contributed by atoms with E-state index in [1.807, 2.05) is 24.3 Å². The summed E-state index contributed by atoms with van der Waals surface area (Å²) in [6, 6.07) is 13.4. The zero-order chi connectivity index (χ0) is 18.4. The number of rotatable bonds is 7. The van der Waals surface area contributed by atoms with E-state index in [0.29, 0.717) is 17.5 Å². The van der Waals surface area contributed by atoms with Gasteiger partial charge in [-0.25, -0.2) is 9.37 Å². The number of H-pyrrole nitrogens is 1. The SMILES string of the molecule is COc1ccc(-c2nc(SCC(=O)NCc3ccc(F)cc3)n[nH]2)cc1. The van der Waals surface area contributed by atoms with Crippen LogP contribution >= 0.6 is 11.8 Å². The zero-order valence-electron chi connectivity index (χ0n) is 14.0. The topological polar surface area (TPSA) is 79.9 Å². The number of halogens is 1. The van der Waals surface area contributed by atoms with E-state index in [9.17, 15) is 9.18 Å². The van der Waals surface area contributed by atoms with Gasteiger partial charge in [-0.2, -0.15) is 0 Å². The van der Waals surface area contributed by atoms with Gasteiger partial charge >= 0.3 is 0 Å². The lowest BCUT2D eigenvalue weighted by atomic mass is 10.2. The predicted molar refractivity (Wildman–Crippen MR) is 97.3 cm³/mol. The zero-order valence-corrected chi connectivity index (χ0v) is 14.8. The van der Waals surface area contributed by atoms with Crippen LogP contribution in [0.5, 0.6) is 5.75 Å². The summed E-state index contributed by atoms with van der Waals surface area (Å²) in [7, 11) is 1.61. The first-order valence-corrected chi connectivity index (χ1v) is 8.83. The number of aromatic amines is 1. The normalized spacial score (nSPS) is 10.5. The molecule has 1 heterocycles. The van der Waals surface area contributed by atoms with E-state index in [4.69, 9.17) is 4.74 Å². The number of ether oxygens (including phenoxy) is 1. The second-order valence-electron chi connectivity index (χ2n) is 5.39. The van der Waals surface area contributed by atoms with Crippen LogP contribution in [0.1, 0.15) is 5.56 Å². The molecule has 0 unspecified atom stereocenters. The van der Waals surface area contributed by atoms with Crippen molar-refractivity contribution in [3.63, 3.8) is 0 Å². The Kier molecular flexibility index (Phi) is 5.85. The van der Waals surface area contributed by atoms with Gasteiger partial charge < -0.3 is 10.1 Å². The number of thioether (sulfide) groups is 1. The van der Waals surface area contributed by atoms with E-state index in [1.165, 1.54) is 23.9 Å². The molecule has 0 radical (unpaired) electrons. The fraction of sp³-hybridized carbons (Fsp3) is 0.167. The maximum absolute atomic E-state index is 12.8. The summed E-state index contributed by atoms with van der Waals surface area (Å²) < 4.78 is 18.0. The van der Waals surface area contributed by atoms with Crippen LogP contribution in [-0.2, 0) is 11.3 Å². The van der Waals surface area contributed by atoms with Crippen molar-refractivity contribution < 1.29 is 13.9 Å². The maximum Gasteiger partial charge on any atom is 0.230 e. The summed E-state index contributed by atoms with van der Waals surface area (Å²) in [5.41, 5.74) is 1.72. The van der Waals surface area contributed by atoms with Gasteiger partial charge in [-0.15, -0.1) is 5.10 Å². The fourth-order valence-electron chi connectivity index (χ4n) is 2.17. The van der Waals surface area contributed by atoms with Gasteiger partial charge in [0, 0.05) is 12.1 Å². The Morgan fingerprint density at radius 2 is 1.92 bits per heavy atom. The lowest BCUT2D eigenvalue weighted by Gasteiger charge is -2.04. The first kappa shape index (κ1) is 17.9. The van der Waals surface area contributed by atoms with E-state index in [-0.39, 0.29) is 17.5 Å². The summed E-state index contributed by atoms with van der Waals surface area (Å²) in [5, 5.41) is 10.2. The molecule has 3 rings (SSSR count). The third-order valence-corrected chi connectivity index (χ3v) is 4.41. The average molecular weight is 372 g/mol. The quantitative estimate of drug-likeness (QED) is 0.623. The smallest absolute Gasteiger partial charge is 0.230 e. The minimum Gasteiger partial charge on any atom is -0.497 e. The Balaban J connectivity index is 1.49. The van der Waals surface area contributed by atoms with Crippen LogP contribution in [0.3, 0.4) is 0 Å². The van der Waals surface area contributed by atoms with Gasteiger partial charge in [0.1, 0.15) is 11.6 Å². The first-order chi connectivity index (χ1) is 12.6. The molecular weight excluding hydrogens is 355 g/mol.